The molecular formula is C17H21NO3. The van der Waals surface area contributed by atoms with Gasteiger partial charge in [-0.3, -0.25) is 14.5 Å². The third-order valence-electron chi connectivity index (χ3n) is 4.30. The van der Waals surface area contributed by atoms with Crippen LogP contribution in [0.25, 0.3) is 0 Å². The maximum Gasteiger partial charge on any atom is 0.261 e. The highest BCUT2D eigenvalue weighted by atomic mass is 16.5. The number of hydrogen-bond acceptors (Lipinski definition) is 3. The van der Waals surface area contributed by atoms with Gasteiger partial charge < -0.3 is 4.74 Å². The maximum atomic E-state index is 12.4. The first-order valence-electron chi connectivity index (χ1n) is 7.70. The quantitative estimate of drug-likeness (QED) is 0.803. The Morgan fingerprint density at radius 1 is 1.00 bits per heavy atom. The van der Waals surface area contributed by atoms with Crippen LogP contribution in [0.3, 0.4) is 0 Å². The summed E-state index contributed by atoms with van der Waals surface area (Å²) >= 11 is 0. The molecule has 1 fully saturated rings. The van der Waals surface area contributed by atoms with Gasteiger partial charge in [0.15, 0.2) is 0 Å². The van der Waals surface area contributed by atoms with Gasteiger partial charge in [0, 0.05) is 6.04 Å². The molecular weight excluding hydrogens is 266 g/mol. The summed E-state index contributed by atoms with van der Waals surface area (Å²) in [6, 6.07) is 7.11. The summed E-state index contributed by atoms with van der Waals surface area (Å²) in [6.45, 7) is 4.08. The normalized spacial score (nSPS) is 25.6. The van der Waals surface area contributed by atoms with Crippen molar-refractivity contribution < 1.29 is 14.3 Å². The van der Waals surface area contributed by atoms with Crippen LogP contribution in [-0.4, -0.2) is 35.0 Å². The van der Waals surface area contributed by atoms with Gasteiger partial charge in [-0.2, -0.15) is 0 Å². The lowest BCUT2D eigenvalue weighted by atomic mass is 9.91. The molecule has 21 heavy (non-hydrogen) atoms. The molecule has 1 saturated carbocycles. The number of rotatable bonds is 3. The van der Waals surface area contributed by atoms with Crippen LogP contribution < -0.4 is 0 Å². The number of carbonyl (C=O) groups is 2. The Labute approximate surface area is 125 Å². The number of ether oxygens (including phenoxy) is 1. The van der Waals surface area contributed by atoms with Crippen molar-refractivity contribution >= 4 is 11.8 Å². The zero-order chi connectivity index (χ0) is 15.0. The first-order chi connectivity index (χ1) is 10.1. The van der Waals surface area contributed by atoms with Crippen LogP contribution in [0.2, 0.25) is 0 Å². The van der Waals surface area contributed by atoms with Crippen molar-refractivity contribution in [3.8, 4) is 0 Å². The molecule has 2 amide bonds. The van der Waals surface area contributed by atoms with Crippen molar-refractivity contribution in [2.75, 3.05) is 0 Å². The summed E-state index contributed by atoms with van der Waals surface area (Å²) in [5, 5.41) is 0. The number of benzene rings is 1. The fourth-order valence-electron chi connectivity index (χ4n) is 3.36. The van der Waals surface area contributed by atoms with Crippen LogP contribution in [0.5, 0.6) is 0 Å². The van der Waals surface area contributed by atoms with Gasteiger partial charge in [0.2, 0.25) is 0 Å². The molecule has 1 aliphatic heterocycles. The van der Waals surface area contributed by atoms with E-state index in [1.807, 2.05) is 13.8 Å². The third-order valence-corrected chi connectivity index (χ3v) is 4.30. The second-order valence-corrected chi connectivity index (χ2v) is 6.14. The van der Waals surface area contributed by atoms with Crippen LogP contribution >= 0.6 is 0 Å². The van der Waals surface area contributed by atoms with Crippen LogP contribution in [0.4, 0.5) is 0 Å². The lowest BCUT2D eigenvalue weighted by molar-refractivity contribution is -0.0228. The van der Waals surface area contributed by atoms with E-state index in [1.165, 1.54) is 4.90 Å². The lowest BCUT2D eigenvalue weighted by Gasteiger charge is -2.34. The molecule has 4 nitrogen and oxygen atoms in total. The van der Waals surface area contributed by atoms with Crippen LogP contribution in [0.1, 0.15) is 60.2 Å². The minimum Gasteiger partial charge on any atom is -0.376 e. The highest BCUT2D eigenvalue weighted by Gasteiger charge is 2.40. The molecule has 3 rings (SSSR count). The maximum absolute atomic E-state index is 12.4. The smallest absolute Gasteiger partial charge is 0.261 e. The molecule has 0 bridgehead atoms. The molecule has 1 heterocycles. The van der Waals surface area contributed by atoms with Gasteiger partial charge >= 0.3 is 0 Å². The van der Waals surface area contributed by atoms with E-state index in [9.17, 15) is 9.59 Å². The van der Waals surface area contributed by atoms with E-state index in [1.54, 1.807) is 24.3 Å². The standard InChI is InChI=1S/C17H21NO3/c1-11(2)21-13-9-7-12(8-10-13)18-16(19)14-5-3-4-6-15(14)17(18)20/h3-6,11-13H,7-10H2,1-2H3. The predicted octanol–water partition coefficient (Wildman–Crippen LogP) is 3.02. The Morgan fingerprint density at radius 2 is 1.52 bits per heavy atom. The Balaban J connectivity index is 1.70. The highest BCUT2D eigenvalue weighted by molar-refractivity contribution is 6.21. The Morgan fingerprint density at radius 3 is 2.00 bits per heavy atom. The summed E-state index contributed by atoms with van der Waals surface area (Å²) in [6.07, 6.45) is 3.99. The first-order valence-corrected chi connectivity index (χ1v) is 7.70. The van der Waals surface area contributed by atoms with Crippen molar-refractivity contribution in [3.05, 3.63) is 35.4 Å². The molecule has 0 saturated heterocycles. The number of carbonyl (C=O) groups excluding carboxylic acids is 2. The summed E-state index contributed by atoms with van der Waals surface area (Å²) in [5.74, 6) is -0.271. The van der Waals surface area contributed by atoms with Crippen molar-refractivity contribution in [2.45, 2.75) is 57.8 Å². The van der Waals surface area contributed by atoms with Crippen LogP contribution in [0.15, 0.2) is 24.3 Å². The second kappa shape index (κ2) is 5.60. The fraction of sp³-hybridized carbons (Fsp3) is 0.529. The van der Waals surface area contributed by atoms with E-state index in [2.05, 4.69) is 0 Å². The van der Waals surface area contributed by atoms with Crippen molar-refractivity contribution in [3.63, 3.8) is 0 Å². The monoisotopic (exact) mass is 287 g/mol. The lowest BCUT2D eigenvalue weighted by Crippen LogP contribution is -2.43. The van der Waals surface area contributed by atoms with E-state index < -0.39 is 0 Å². The summed E-state index contributed by atoms with van der Waals surface area (Å²) < 4.78 is 5.83. The van der Waals surface area contributed by atoms with Crippen molar-refractivity contribution in [1.29, 1.82) is 0 Å². The first kappa shape index (κ1) is 14.3. The van der Waals surface area contributed by atoms with Crippen LogP contribution in [0, 0.1) is 0 Å². The average Bonchev–Trinajstić information content (AvgIpc) is 2.72. The number of nitrogens with zero attached hydrogens (tertiary/aromatic N) is 1. The summed E-state index contributed by atoms with van der Waals surface area (Å²) in [4.78, 5) is 26.3. The van der Waals surface area contributed by atoms with Crippen LogP contribution in [-0.2, 0) is 4.74 Å². The zero-order valence-corrected chi connectivity index (χ0v) is 12.5. The Kier molecular flexibility index (Phi) is 3.81. The molecule has 0 spiro atoms. The molecule has 0 aromatic heterocycles. The molecule has 1 aromatic rings. The molecule has 1 aliphatic carbocycles. The van der Waals surface area contributed by atoms with Gasteiger partial charge in [0.1, 0.15) is 0 Å². The van der Waals surface area contributed by atoms with E-state index in [0.29, 0.717) is 11.1 Å². The zero-order valence-electron chi connectivity index (χ0n) is 12.5. The molecule has 1 aromatic carbocycles. The minimum atomic E-state index is -0.135. The minimum absolute atomic E-state index is 0.0180. The molecule has 112 valence electrons. The molecule has 0 atom stereocenters. The van der Waals surface area contributed by atoms with Gasteiger partial charge in [0.25, 0.3) is 11.8 Å². The molecule has 0 unspecified atom stereocenters. The SMILES string of the molecule is CC(C)OC1CCC(N2C(=O)c3ccccc3C2=O)CC1. The van der Waals surface area contributed by atoms with Crippen molar-refractivity contribution in [2.24, 2.45) is 0 Å². The van der Waals surface area contributed by atoms with Gasteiger partial charge in [0.05, 0.1) is 23.3 Å². The topological polar surface area (TPSA) is 46.6 Å². The molecule has 0 N–H and O–H groups in total. The van der Waals surface area contributed by atoms with E-state index >= 15 is 0 Å². The number of amides is 2. The Hall–Kier alpha value is -1.68. The van der Waals surface area contributed by atoms with E-state index in [0.717, 1.165) is 25.7 Å². The molecule has 4 heteroatoms. The number of fused-ring (bicyclic) bond motifs is 1. The Bertz CT molecular complexity index is 524. The van der Waals surface area contributed by atoms with Gasteiger partial charge in [-0.15, -0.1) is 0 Å². The average molecular weight is 287 g/mol. The highest BCUT2D eigenvalue weighted by Crippen LogP contribution is 2.32. The number of hydrogen-bond donors (Lipinski definition) is 0. The summed E-state index contributed by atoms with van der Waals surface area (Å²) in [7, 11) is 0. The van der Waals surface area contributed by atoms with Gasteiger partial charge in [-0.05, 0) is 51.7 Å². The van der Waals surface area contributed by atoms with E-state index in [4.69, 9.17) is 4.74 Å². The van der Waals surface area contributed by atoms with Crippen molar-refractivity contribution in [1.82, 2.24) is 4.90 Å². The second-order valence-electron chi connectivity index (χ2n) is 6.14. The third kappa shape index (κ3) is 2.60. The predicted molar refractivity (Wildman–Crippen MR) is 79.2 cm³/mol. The van der Waals surface area contributed by atoms with Gasteiger partial charge in [-0.25, -0.2) is 0 Å². The largest absolute Gasteiger partial charge is 0.376 e. The molecule has 0 radical (unpaired) electrons. The summed E-state index contributed by atoms with van der Waals surface area (Å²) in [5.41, 5.74) is 1.09. The van der Waals surface area contributed by atoms with E-state index in [-0.39, 0.29) is 30.1 Å². The molecule has 2 aliphatic rings. The fourth-order valence-corrected chi connectivity index (χ4v) is 3.36. The number of imide groups is 1. The van der Waals surface area contributed by atoms with Gasteiger partial charge in [-0.1, -0.05) is 12.1 Å².